The Balaban J connectivity index is 2.10. The molecule has 0 spiro atoms. The van der Waals surface area contributed by atoms with Gasteiger partial charge in [-0.05, 0) is 52.7 Å². The first kappa shape index (κ1) is 14.3. The molecule has 0 aliphatic heterocycles. The Morgan fingerprint density at radius 1 is 1.25 bits per heavy atom. The van der Waals surface area contributed by atoms with Crippen LogP contribution in [0.3, 0.4) is 0 Å². The van der Waals surface area contributed by atoms with Gasteiger partial charge in [0.05, 0.1) is 3.79 Å². The molecule has 0 radical (unpaired) electrons. The van der Waals surface area contributed by atoms with Crippen LogP contribution in [0.2, 0.25) is 0 Å². The van der Waals surface area contributed by atoms with Crippen LogP contribution in [0.1, 0.15) is 5.56 Å². The van der Waals surface area contributed by atoms with Crippen LogP contribution in [0.4, 0.5) is 0 Å². The van der Waals surface area contributed by atoms with Gasteiger partial charge in [-0.15, -0.1) is 22.7 Å². The lowest BCUT2D eigenvalue weighted by Crippen LogP contribution is -2.01. The Labute approximate surface area is 132 Å². The fourth-order valence-electron chi connectivity index (χ4n) is 1.98. The molecule has 0 fully saturated rings. The van der Waals surface area contributed by atoms with E-state index in [-0.39, 0.29) is 0 Å². The van der Waals surface area contributed by atoms with Gasteiger partial charge < -0.3 is 10.7 Å². The van der Waals surface area contributed by atoms with Crippen molar-refractivity contribution in [2.45, 2.75) is 14.8 Å². The molecule has 0 aliphatic rings. The van der Waals surface area contributed by atoms with E-state index >= 15 is 0 Å². The van der Waals surface area contributed by atoms with Crippen LogP contribution in [-0.4, -0.2) is 19.9 Å². The standard InChI is InChI=1S/C12H11BrN2O2S3/c13-9-1-2-10(18-9)20(16,17)11-5-8-7(3-4-14)6-15-12(8)19-11/h1-2,5-6,15H,3-4,14H2. The molecule has 0 unspecified atom stereocenters. The molecule has 8 heteroatoms. The summed E-state index contributed by atoms with van der Waals surface area (Å²) < 4.78 is 26.6. The van der Waals surface area contributed by atoms with Crippen molar-refractivity contribution < 1.29 is 8.42 Å². The van der Waals surface area contributed by atoms with Crippen LogP contribution in [-0.2, 0) is 16.3 Å². The number of sulfone groups is 1. The second kappa shape index (κ2) is 5.27. The normalized spacial score (nSPS) is 12.3. The number of thiophene rings is 2. The van der Waals surface area contributed by atoms with Gasteiger partial charge in [-0.3, -0.25) is 0 Å². The van der Waals surface area contributed by atoms with Crippen molar-refractivity contribution in [2.24, 2.45) is 5.73 Å². The number of halogens is 1. The number of hydrogen-bond acceptors (Lipinski definition) is 5. The molecule has 0 aromatic carbocycles. The maximum absolute atomic E-state index is 12.5. The van der Waals surface area contributed by atoms with Gasteiger partial charge in [0.2, 0.25) is 9.84 Å². The Kier molecular flexibility index (Phi) is 3.76. The number of fused-ring (bicyclic) bond motifs is 1. The Bertz CT molecular complexity index is 860. The third-order valence-corrected chi connectivity index (χ3v) is 8.33. The van der Waals surface area contributed by atoms with E-state index in [1.54, 1.807) is 18.2 Å². The zero-order chi connectivity index (χ0) is 14.3. The predicted octanol–water partition coefficient (Wildman–Crippen LogP) is 3.39. The quantitative estimate of drug-likeness (QED) is 0.716. The van der Waals surface area contributed by atoms with E-state index in [1.165, 1.54) is 22.7 Å². The van der Waals surface area contributed by atoms with Crippen LogP contribution in [0.15, 0.2) is 36.6 Å². The summed E-state index contributed by atoms with van der Waals surface area (Å²) in [6.45, 7) is 0.544. The largest absolute Gasteiger partial charge is 0.353 e. The van der Waals surface area contributed by atoms with Crippen molar-refractivity contribution in [1.82, 2.24) is 4.98 Å². The summed E-state index contributed by atoms with van der Waals surface area (Å²) in [4.78, 5) is 3.99. The summed E-state index contributed by atoms with van der Waals surface area (Å²) in [5.74, 6) is 0. The smallest absolute Gasteiger partial charge is 0.225 e. The van der Waals surface area contributed by atoms with Gasteiger partial charge in [0.1, 0.15) is 13.2 Å². The van der Waals surface area contributed by atoms with Gasteiger partial charge in [0.25, 0.3) is 0 Å². The molecular formula is C12H11BrN2O2S3. The highest BCUT2D eigenvalue weighted by molar-refractivity contribution is 9.11. The van der Waals surface area contributed by atoms with E-state index < -0.39 is 9.84 Å². The van der Waals surface area contributed by atoms with Crippen LogP contribution in [0.5, 0.6) is 0 Å². The highest BCUT2D eigenvalue weighted by atomic mass is 79.9. The summed E-state index contributed by atoms with van der Waals surface area (Å²) in [5, 5.41) is 0.953. The van der Waals surface area contributed by atoms with Crippen molar-refractivity contribution in [3.8, 4) is 0 Å². The number of nitrogens with two attached hydrogens (primary N) is 1. The van der Waals surface area contributed by atoms with Crippen molar-refractivity contribution in [2.75, 3.05) is 6.54 Å². The van der Waals surface area contributed by atoms with E-state index in [4.69, 9.17) is 5.73 Å². The Morgan fingerprint density at radius 2 is 2.05 bits per heavy atom. The van der Waals surface area contributed by atoms with Gasteiger partial charge in [-0.2, -0.15) is 0 Å². The van der Waals surface area contributed by atoms with Crippen molar-refractivity contribution in [1.29, 1.82) is 0 Å². The number of hydrogen-bond donors (Lipinski definition) is 2. The SMILES string of the molecule is NCCc1c[nH]c2sc(S(=O)(=O)c3ccc(Br)s3)cc12. The highest BCUT2D eigenvalue weighted by Gasteiger charge is 2.23. The van der Waals surface area contributed by atoms with Crippen molar-refractivity contribution >= 4 is 58.7 Å². The van der Waals surface area contributed by atoms with Crippen LogP contribution < -0.4 is 5.73 Å². The molecule has 4 nitrogen and oxygen atoms in total. The zero-order valence-corrected chi connectivity index (χ0v) is 14.3. The Morgan fingerprint density at radius 3 is 2.70 bits per heavy atom. The molecule has 3 aromatic rings. The number of rotatable bonds is 4. The molecule has 20 heavy (non-hydrogen) atoms. The number of nitrogens with one attached hydrogen (secondary N) is 1. The lowest BCUT2D eigenvalue weighted by molar-refractivity contribution is 0.600. The Hall–Kier alpha value is -0.670. The summed E-state index contributed by atoms with van der Waals surface area (Å²) in [6.07, 6.45) is 2.63. The topological polar surface area (TPSA) is 76.0 Å². The van der Waals surface area contributed by atoms with Gasteiger partial charge >= 0.3 is 0 Å². The predicted molar refractivity (Wildman–Crippen MR) is 86.4 cm³/mol. The highest BCUT2D eigenvalue weighted by Crippen LogP contribution is 2.37. The maximum Gasteiger partial charge on any atom is 0.225 e. The maximum atomic E-state index is 12.5. The molecular weight excluding hydrogens is 380 g/mol. The number of aromatic nitrogens is 1. The second-order valence-corrected chi connectivity index (χ2v) is 10.1. The molecule has 0 amide bonds. The molecule has 3 rings (SSSR count). The van der Waals surface area contributed by atoms with Crippen LogP contribution in [0, 0.1) is 0 Å². The molecule has 0 atom stereocenters. The van der Waals surface area contributed by atoms with E-state index in [0.717, 1.165) is 26.0 Å². The summed E-state index contributed by atoms with van der Waals surface area (Å²) in [6, 6.07) is 5.11. The fraction of sp³-hybridized carbons (Fsp3) is 0.167. The second-order valence-electron chi connectivity index (χ2n) is 4.22. The lowest BCUT2D eigenvalue weighted by atomic mass is 10.2. The van der Waals surface area contributed by atoms with Crippen LogP contribution >= 0.6 is 38.6 Å². The minimum absolute atomic E-state index is 0.355. The minimum Gasteiger partial charge on any atom is -0.353 e. The van der Waals surface area contributed by atoms with Gasteiger partial charge in [-0.1, -0.05) is 0 Å². The zero-order valence-electron chi connectivity index (χ0n) is 10.2. The molecule has 0 saturated carbocycles. The van der Waals surface area contributed by atoms with Gasteiger partial charge in [0, 0.05) is 11.6 Å². The summed E-state index contributed by atoms with van der Waals surface area (Å²) in [7, 11) is -3.43. The average molecular weight is 391 g/mol. The lowest BCUT2D eigenvalue weighted by Gasteiger charge is -1.96. The summed E-state index contributed by atoms with van der Waals surface area (Å²) in [5.41, 5.74) is 6.63. The van der Waals surface area contributed by atoms with Crippen LogP contribution in [0.25, 0.3) is 10.2 Å². The third-order valence-electron chi connectivity index (χ3n) is 2.92. The molecule has 3 N–H and O–H groups in total. The van der Waals surface area contributed by atoms with E-state index in [9.17, 15) is 8.42 Å². The summed E-state index contributed by atoms with van der Waals surface area (Å²) >= 11 is 5.78. The van der Waals surface area contributed by atoms with E-state index in [1.807, 2.05) is 6.20 Å². The molecule has 3 aromatic heterocycles. The first-order chi connectivity index (χ1) is 9.52. The molecule has 0 bridgehead atoms. The van der Waals surface area contributed by atoms with E-state index in [2.05, 4.69) is 20.9 Å². The number of H-pyrrole nitrogens is 1. The molecule has 106 valence electrons. The minimum atomic E-state index is -3.43. The third kappa shape index (κ3) is 2.35. The first-order valence-corrected chi connectivity index (χ1v) is 9.73. The number of aromatic amines is 1. The molecule has 0 saturated heterocycles. The molecule has 0 aliphatic carbocycles. The molecule has 3 heterocycles. The average Bonchev–Trinajstić information content (AvgIpc) is 3.06. The van der Waals surface area contributed by atoms with Gasteiger partial charge in [0.15, 0.2) is 0 Å². The monoisotopic (exact) mass is 390 g/mol. The fourth-order valence-corrected chi connectivity index (χ4v) is 7.03. The first-order valence-electron chi connectivity index (χ1n) is 5.82. The van der Waals surface area contributed by atoms with Gasteiger partial charge in [-0.25, -0.2) is 8.42 Å². The van der Waals surface area contributed by atoms with Crippen molar-refractivity contribution in [3.05, 3.63) is 33.7 Å². The van der Waals surface area contributed by atoms with Crippen molar-refractivity contribution in [3.63, 3.8) is 0 Å². The van der Waals surface area contributed by atoms with E-state index in [0.29, 0.717) is 15.0 Å².